The Morgan fingerprint density at radius 1 is 1.31 bits per heavy atom. The van der Waals surface area contributed by atoms with Gasteiger partial charge in [-0.15, -0.1) is 11.6 Å². The summed E-state index contributed by atoms with van der Waals surface area (Å²) in [5.41, 5.74) is 1.14. The lowest BCUT2D eigenvalue weighted by atomic mass is 10.1. The molecule has 0 spiro atoms. The molecule has 0 bridgehead atoms. The van der Waals surface area contributed by atoms with Gasteiger partial charge in [0.2, 0.25) is 0 Å². The average Bonchev–Trinajstić information content (AvgIpc) is 2.28. The molecule has 88 valence electrons. The van der Waals surface area contributed by atoms with Gasteiger partial charge in [-0.2, -0.15) is 0 Å². The molecular formula is C13H17ClFN. The van der Waals surface area contributed by atoms with Crippen LogP contribution in [0.2, 0.25) is 0 Å². The van der Waals surface area contributed by atoms with Gasteiger partial charge in [-0.1, -0.05) is 24.3 Å². The van der Waals surface area contributed by atoms with E-state index in [0.29, 0.717) is 11.9 Å². The van der Waals surface area contributed by atoms with Crippen molar-refractivity contribution >= 4 is 11.6 Å². The molecular weight excluding hydrogens is 225 g/mol. The highest BCUT2D eigenvalue weighted by atomic mass is 35.5. The van der Waals surface area contributed by atoms with E-state index in [1.165, 1.54) is 12.1 Å². The maximum Gasteiger partial charge on any atom is 0.123 e. The van der Waals surface area contributed by atoms with Crippen molar-refractivity contribution in [2.45, 2.75) is 19.4 Å². The van der Waals surface area contributed by atoms with E-state index >= 15 is 0 Å². The molecule has 1 atom stereocenters. The Kier molecular flexibility index (Phi) is 6.12. The van der Waals surface area contributed by atoms with E-state index in [0.717, 1.165) is 18.5 Å². The first-order chi connectivity index (χ1) is 7.72. The Hall–Kier alpha value is -0.860. The Balaban J connectivity index is 2.31. The van der Waals surface area contributed by atoms with E-state index in [1.807, 2.05) is 24.3 Å². The van der Waals surface area contributed by atoms with E-state index in [4.69, 9.17) is 11.6 Å². The summed E-state index contributed by atoms with van der Waals surface area (Å²) < 4.78 is 12.7. The number of hydrogen-bond acceptors (Lipinski definition) is 1. The maximum atomic E-state index is 12.7. The van der Waals surface area contributed by atoms with E-state index in [9.17, 15) is 4.39 Å². The van der Waals surface area contributed by atoms with Crippen LogP contribution in [0.15, 0.2) is 36.4 Å². The fourth-order valence-corrected chi connectivity index (χ4v) is 1.59. The number of allylic oxidation sites excluding steroid dienone is 1. The van der Waals surface area contributed by atoms with Crippen LogP contribution >= 0.6 is 11.6 Å². The maximum absolute atomic E-state index is 12.7. The summed E-state index contributed by atoms with van der Waals surface area (Å²) in [6, 6.07) is 7.00. The number of alkyl halides is 1. The topological polar surface area (TPSA) is 12.0 Å². The fraction of sp³-hybridized carbons (Fsp3) is 0.385. The summed E-state index contributed by atoms with van der Waals surface area (Å²) in [7, 11) is 0. The van der Waals surface area contributed by atoms with Crippen LogP contribution in [0.4, 0.5) is 4.39 Å². The zero-order valence-electron chi connectivity index (χ0n) is 9.42. The van der Waals surface area contributed by atoms with E-state index in [2.05, 4.69) is 12.2 Å². The highest BCUT2D eigenvalue weighted by Gasteiger charge is 2.01. The van der Waals surface area contributed by atoms with Gasteiger partial charge in [-0.05, 0) is 31.0 Å². The first kappa shape index (κ1) is 13.2. The number of rotatable bonds is 6. The number of halogens is 2. The van der Waals surface area contributed by atoms with Crippen molar-refractivity contribution in [3.8, 4) is 0 Å². The second-order valence-electron chi connectivity index (χ2n) is 3.77. The molecule has 1 aromatic carbocycles. The molecule has 0 aromatic heterocycles. The summed E-state index contributed by atoms with van der Waals surface area (Å²) in [6.07, 6.45) is 4.82. The predicted octanol–water partition coefficient (Wildman–Crippen LogP) is 3.14. The highest BCUT2D eigenvalue weighted by molar-refractivity contribution is 6.18. The van der Waals surface area contributed by atoms with Gasteiger partial charge >= 0.3 is 0 Å². The average molecular weight is 242 g/mol. The SMILES string of the molecule is CC(Cc1ccc(F)cc1)NC/C=C/CCl. The zero-order valence-corrected chi connectivity index (χ0v) is 10.2. The first-order valence-electron chi connectivity index (χ1n) is 5.41. The fourth-order valence-electron chi connectivity index (χ4n) is 1.46. The lowest BCUT2D eigenvalue weighted by Gasteiger charge is -2.12. The molecule has 1 nitrogen and oxygen atoms in total. The lowest BCUT2D eigenvalue weighted by molar-refractivity contribution is 0.578. The van der Waals surface area contributed by atoms with Gasteiger partial charge < -0.3 is 5.32 Å². The van der Waals surface area contributed by atoms with Crippen molar-refractivity contribution < 1.29 is 4.39 Å². The monoisotopic (exact) mass is 241 g/mol. The molecule has 16 heavy (non-hydrogen) atoms. The molecule has 0 heterocycles. The molecule has 1 rings (SSSR count). The summed E-state index contributed by atoms with van der Waals surface area (Å²) >= 11 is 5.51. The molecule has 0 aliphatic rings. The Morgan fingerprint density at radius 2 is 2.00 bits per heavy atom. The predicted molar refractivity (Wildman–Crippen MR) is 67.4 cm³/mol. The van der Waals surface area contributed by atoms with Gasteiger partial charge in [-0.25, -0.2) is 4.39 Å². The van der Waals surface area contributed by atoms with Crippen LogP contribution in [0.1, 0.15) is 12.5 Å². The third kappa shape index (κ3) is 5.29. The Labute approximate surface area is 101 Å². The minimum Gasteiger partial charge on any atom is -0.310 e. The molecule has 0 fully saturated rings. The van der Waals surface area contributed by atoms with Crippen molar-refractivity contribution in [2.75, 3.05) is 12.4 Å². The summed E-state index contributed by atoms with van der Waals surface area (Å²) in [5, 5.41) is 3.34. The van der Waals surface area contributed by atoms with Gasteiger partial charge in [-0.3, -0.25) is 0 Å². The summed E-state index contributed by atoms with van der Waals surface area (Å²) in [6.45, 7) is 2.92. The lowest BCUT2D eigenvalue weighted by Crippen LogP contribution is -2.28. The summed E-state index contributed by atoms with van der Waals surface area (Å²) in [5.74, 6) is 0.364. The molecule has 1 aromatic rings. The second kappa shape index (κ2) is 7.42. The van der Waals surface area contributed by atoms with E-state index < -0.39 is 0 Å². The van der Waals surface area contributed by atoms with Crippen LogP contribution in [0.5, 0.6) is 0 Å². The molecule has 3 heteroatoms. The molecule has 0 saturated carbocycles. The number of nitrogens with one attached hydrogen (secondary N) is 1. The van der Waals surface area contributed by atoms with Crippen molar-refractivity contribution in [2.24, 2.45) is 0 Å². The van der Waals surface area contributed by atoms with Gasteiger partial charge in [0.25, 0.3) is 0 Å². The van der Waals surface area contributed by atoms with Crippen molar-refractivity contribution in [1.82, 2.24) is 5.32 Å². The van der Waals surface area contributed by atoms with Gasteiger partial charge in [0.15, 0.2) is 0 Å². The molecule has 0 aliphatic carbocycles. The van der Waals surface area contributed by atoms with Crippen LogP contribution in [0, 0.1) is 5.82 Å². The van der Waals surface area contributed by atoms with Crippen LogP contribution in [0.3, 0.4) is 0 Å². The molecule has 1 N–H and O–H groups in total. The second-order valence-corrected chi connectivity index (χ2v) is 4.07. The Bertz CT molecular complexity index is 321. The van der Waals surface area contributed by atoms with Crippen LogP contribution in [-0.4, -0.2) is 18.5 Å². The first-order valence-corrected chi connectivity index (χ1v) is 5.94. The molecule has 0 radical (unpaired) electrons. The molecule has 1 unspecified atom stereocenters. The zero-order chi connectivity index (χ0) is 11.8. The number of benzene rings is 1. The summed E-state index contributed by atoms with van der Waals surface area (Å²) in [4.78, 5) is 0. The van der Waals surface area contributed by atoms with Crippen LogP contribution in [0.25, 0.3) is 0 Å². The smallest absolute Gasteiger partial charge is 0.123 e. The quantitative estimate of drug-likeness (QED) is 0.596. The third-order valence-corrected chi connectivity index (χ3v) is 2.47. The van der Waals surface area contributed by atoms with Crippen LogP contribution in [-0.2, 0) is 6.42 Å². The van der Waals surface area contributed by atoms with E-state index in [-0.39, 0.29) is 5.82 Å². The number of hydrogen-bond donors (Lipinski definition) is 1. The minimum atomic E-state index is -0.186. The largest absolute Gasteiger partial charge is 0.310 e. The Morgan fingerprint density at radius 3 is 2.62 bits per heavy atom. The normalized spacial score (nSPS) is 13.2. The minimum absolute atomic E-state index is 0.186. The van der Waals surface area contributed by atoms with Crippen LogP contribution < -0.4 is 5.32 Å². The molecule has 0 saturated heterocycles. The molecule has 0 aliphatic heterocycles. The van der Waals surface area contributed by atoms with Gasteiger partial charge in [0.1, 0.15) is 5.82 Å². The van der Waals surface area contributed by atoms with Gasteiger partial charge in [0.05, 0.1) is 0 Å². The van der Waals surface area contributed by atoms with E-state index in [1.54, 1.807) is 0 Å². The van der Waals surface area contributed by atoms with Crippen molar-refractivity contribution in [3.63, 3.8) is 0 Å². The third-order valence-electron chi connectivity index (χ3n) is 2.30. The molecule has 0 amide bonds. The standard InChI is InChI=1S/C13H17ClFN/c1-11(16-9-3-2-8-14)10-12-4-6-13(15)7-5-12/h2-7,11,16H,8-10H2,1H3/b3-2+. The van der Waals surface area contributed by atoms with Gasteiger partial charge in [0, 0.05) is 18.5 Å². The van der Waals surface area contributed by atoms with Crippen molar-refractivity contribution in [3.05, 3.63) is 47.8 Å². The van der Waals surface area contributed by atoms with Crippen molar-refractivity contribution in [1.29, 1.82) is 0 Å². The highest BCUT2D eigenvalue weighted by Crippen LogP contribution is 2.05.